The van der Waals surface area contributed by atoms with Gasteiger partial charge in [0.15, 0.2) is 0 Å². The quantitative estimate of drug-likeness (QED) is 0.308. The number of carboxylic acids is 1. The van der Waals surface area contributed by atoms with Crippen molar-refractivity contribution in [3.63, 3.8) is 0 Å². The number of fused-ring (bicyclic) bond motifs is 1. The Morgan fingerprint density at radius 2 is 1.61 bits per heavy atom. The topological polar surface area (TPSA) is 96.8 Å². The third kappa shape index (κ3) is 4.30. The number of amides is 2. The first-order valence-corrected chi connectivity index (χ1v) is 11.5. The van der Waals surface area contributed by atoms with Gasteiger partial charge in [-0.05, 0) is 42.0 Å². The van der Waals surface area contributed by atoms with Gasteiger partial charge in [-0.1, -0.05) is 59.6 Å². The molecule has 0 aliphatic carbocycles. The number of rotatable bonds is 6. The first-order chi connectivity index (χ1) is 17.3. The van der Waals surface area contributed by atoms with Crippen LogP contribution in [0.2, 0.25) is 10.0 Å². The molecule has 0 bridgehead atoms. The molecule has 0 saturated carbocycles. The summed E-state index contributed by atoms with van der Waals surface area (Å²) in [5.74, 6) is -2.44. The maximum atomic E-state index is 13.4. The van der Waals surface area contributed by atoms with Crippen LogP contribution in [0.3, 0.4) is 0 Å². The number of carbonyl (C=O) groups is 3. The molecule has 9 heteroatoms. The Morgan fingerprint density at radius 3 is 2.33 bits per heavy atom. The lowest BCUT2D eigenvalue weighted by molar-refractivity contribution is 0.0696. The van der Waals surface area contributed by atoms with Crippen molar-refractivity contribution in [2.45, 2.75) is 6.61 Å². The van der Waals surface area contributed by atoms with Crippen molar-refractivity contribution in [3.8, 4) is 17.0 Å². The fraction of sp³-hybridized carbons (Fsp3) is 0.0370. The molecular formula is C27H16Cl2N2O5. The van der Waals surface area contributed by atoms with E-state index in [1.54, 1.807) is 24.3 Å². The molecule has 1 aromatic heterocycles. The van der Waals surface area contributed by atoms with Crippen LogP contribution in [-0.2, 0) is 6.61 Å². The van der Waals surface area contributed by atoms with Crippen LogP contribution in [0.25, 0.3) is 11.1 Å². The van der Waals surface area contributed by atoms with Crippen molar-refractivity contribution in [1.29, 1.82) is 0 Å². The predicted molar refractivity (Wildman–Crippen MR) is 135 cm³/mol. The van der Waals surface area contributed by atoms with Crippen molar-refractivity contribution < 1.29 is 24.2 Å². The van der Waals surface area contributed by atoms with Crippen LogP contribution in [0.4, 0.5) is 5.69 Å². The van der Waals surface area contributed by atoms with E-state index in [2.05, 4.69) is 4.98 Å². The molecule has 3 aromatic carbocycles. The van der Waals surface area contributed by atoms with Crippen molar-refractivity contribution in [1.82, 2.24) is 4.98 Å². The van der Waals surface area contributed by atoms with Crippen molar-refractivity contribution in [3.05, 3.63) is 111 Å². The smallest absolute Gasteiger partial charge is 0.335 e. The SMILES string of the molecule is O=C(O)c1ccc2c(c1)C(=O)N(c1cc(-c3ccc(Cl)cc3Cl)cnc1OCc1ccccc1)C2=O. The number of carboxylic acid groups (broad SMARTS) is 1. The molecule has 0 radical (unpaired) electrons. The molecule has 0 spiro atoms. The van der Waals surface area contributed by atoms with Crippen LogP contribution >= 0.6 is 23.2 Å². The molecule has 1 N–H and O–H groups in total. The molecule has 36 heavy (non-hydrogen) atoms. The molecule has 4 aromatic rings. The number of hydrogen-bond acceptors (Lipinski definition) is 5. The highest BCUT2D eigenvalue weighted by atomic mass is 35.5. The van der Waals surface area contributed by atoms with Gasteiger partial charge < -0.3 is 9.84 Å². The number of benzene rings is 3. The Hall–Kier alpha value is -4.20. The lowest BCUT2D eigenvalue weighted by atomic mass is 10.1. The standard InChI is InChI=1S/C27H16Cl2N2O5/c28-18-7-9-19(22(29)12-18)17-11-23(24(30-13-17)36-14-15-4-2-1-3-5-15)31-25(32)20-8-6-16(27(34)35)10-21(20)26(31)33/h1-13H,14H2,(H,34,35). The average molecular weight is 519 g/mol. The summed E-state index contributed by atoms with van der Waals surface area (Å²) in [6.45, 7) is 0.147. The predicted octanol–water partition coefficient (Wildman–Crippen LogP) is 6.13. The number of imide groups is 1. The summed E-state index contributed by atoms with van der Waals surface area (Å²) < 4.78 is 5.93. The van der Waals surface area contributed by atoms with Crippen LogP contribution in [0, 0.1) is 0 Å². The Labute approximate surface area is 215 Å². The van der Waals surface area contributed by atoms with Gasteiger partial charge in [-0.2, -0.15) is 0 Å². The van der Waals surface area contributed by atoms with Gasteiger partial charge >= 0.3 is 5.97 Å². The second-order valence-electron chi connectivity index (χ2n) is 7.96. The van der Waals surface area contributed by atoms with E-state index < -0.39 is 17.8 Å². The van der Waals surface area contributed by atoms with Crippen LogP contribution < -0.4 is 9.64 Å². The average Bonchev–Trinajstić information content (AvgIpc) is 3.12. The second kappa shape index (κ2) is 9.45. The fourth-order valence-electron chi connectivity index (χ4n) is 3.90. The highest BCUT2D eigenvalue weighted by Crippen LogP contribution is 2.39. The van der Waals surface area contributed by atoms with Crippen molar-refractivity contribution in [2.24, 2.45) is 0 Å². The van der Waals surface area contributed by atoms with E-state index in [9.17, 15) is 19.5 Å². The summed E-state index contributed by atoms with van der Waals surface area (Å²) in [5.41, 5.74) is 2.08. The Balaban J connectivity index is 1.60. The monoisotopic (exact) mass is 518 g/mol. The van der Waals surface area contributed by atoms with Gasteiger partial charge in [0.2, 0.25) is 5.88 Å². The second-order valence-corrected chi connectivity index (χ2v) is 8.80. The maximum Gasteiger partial charge on any atom is 0.335 e. The van der Waals surface area contributed by atoms with Crippen molar-refractivity contribution >= 4 is 46.7 Å². The van der Waals surface area contributed by atoms with Crippen LogP contribution in [0.15, 0.2) is 79.0 Å². The molecule has 7 nitrogen and oxygen atoms in total. The molecule has 0 unspecified atom stereocenters. The van der Waals surface area contributed by atoms with Gasteiger partial charge in [-0.15, -0.1) is 0 Å². The summed E-state index contributed by atoms with van der Waals surface area (Å²) >= 11 is 12.4. The summed E-state index contributed by atoms with van der Waals surface area (Å²) in [6, 6.07) is 19.7. The zero-order chi connectivity index (χ0) is 25.4. The van der Waals surface area contributed by atoms with E-state index in [1.165, 1.54) is 24.4 Å². The number of nitrogens with zero attached hydrogens (tertiary/aromatic N) is 2. The number of carbonyl (C=O) groups excluding carboxylic acids is 2. The number of anilines is 1. The Bertz CT molecular complexity index is 1540. The molecule has 0 fully saturated rings. The molecule has 178 valence electrons. The van der Waals surface area contributed by atoms with Crippen molar-refractivity contribution in [2.75, 3.05) is 4.90 Å². The fourth-order valence-corrected chi connectivity index (χ4v) is 4.42. The maximum absolute atomic E-state index is 13.4. The third-order valence-electron chi connectivity index (χ3n) is 5.67. The molecule has 0 atom stereocenters. The Morgan fingerprint density at radius 1 is 0.889 bits per heavy atom. The summed E-state index contributed by atoms with van der Waals surface area (Å²) in [7, 11) is 0. The normalized spacial score (nSPS) is 12.6. The lowest BCUT2D eigenvalue weighted by Gasteiger charge is -2.19. The molecule has 0 saturated heterocycles. The van der Waals surface area contributed by atoms with E-state index in [0.717, 1.165) is 10.5 Å². The molecule has 1 aliphatic heterocycles. The molecule has 2 amide bonds. The van der Waals surface area contributed by atoms with Gasteiger partial charge in [-0.25, -0.2) is 14.7 Å². The number of aromatic carboxylic acids is 1. The first-order valence-electron chi connectivity index (χ1n) is 10.7. The van der Waals surface area contributed by atoms with Gasteiger partial charge in [0, 0.05) is 27.4 Å². The summed E-state index contributed by atoms with van der Waals surface area (Å²) in [6.07, 6.45) is 1.53. The Kier molecular flexibility index (Phi) is 6.18. The van der Waals surface area contributed by atoms with Gasteiger partial charge in [0.25, 0.3) is 11.8 Å². The van der Waals surface area contributed by atoms with E-state index in [-0.39, 0.29) is 34.9 Å². The van der Waals surface area contributed by atoms with E-state index in [1.807, 2.05) is 30.3 Å². The van der Waals surface area contributed by atoms with Crippen LogP contribution in [0.5, 0.6) is 5.88 Å². The lowest BCUT2D eigenvalue weighted by Crippen LogP contribution is -2.30. The zero-order valence-corrected chi connectivity index (χ0v) is 20.0. The third-order valence-corrected chi connectivity index (χ3v) is 6.21. The van der Waals surface area contributed by atoms with Gasteiger partial charge in [0.1, 0.15) is 12.3 Å². The minimum atomic E-state index is -1.20. The van der Waals surface area contributed by atoms with E-state index in [4.69, 9.17) is 27.9 Å². The molecular weight excluding hydrogens is 503 g/mol. The molecule has 1 aliphatic rings. The van der Waals surface area contributed by atoms with Crippen LogP contribution in [0.1, 0.15) is 36.6 Å². The van der Waals surface area contributed by atoms with E-state index in [0.29, 0.717) is 21.2 Å². The number of ether oxygens (including phenoxy) is 1. The number of halogens is 2. The number of aromatic nitrogens is 1. The first kappa shape index (κ1) is 23.5. The van der Waals surface area contributed by atoms with E-state index >= 15 is 0 Å². The van der Waals surface area contributed by atoms with Crippen LogP contribution in [-0.4, -0.2) is 27.9 Å². The van der Waals surface area contributed by atoms with Gasteiger partial charge in [-0.3, -0.25) is 9.59 Å². The largest absolute Gasteiger partial charge is 0.478 e. The minimum Gasteiger partial charge on any atom is -0.478 e. The summed E-state index contributed by atoms with van der Waals surface area (Å²) in [4.78, 5) is 43.4. The minimum absolute atomic E-state index is 0.0103. The van der Waals surface area contributed by atoms with Gasteiger partial charge in [0.05, 0.1) is 16.7 Å². The summed E-state index contributed by atoms with van der Waals surface area (Å²) in [5, 5.41) is 10.1. The highest BCUT2D eigenvalue weighted by molar-refractivity contribution is 6.37. The zero-order valence-electron chi connectivity index (χ0n) is 18.4. The number of hydrogen-bond donors (Lipinski definition) is 1. The molecule has 2 heterocycles. The highest BCUT2D eigenvalue weighted by Gasteiger charge is 2.39. The number of pyridine rings is 1. The molecule has 5 rings (SSSR count).